The van der Waals surface area contributed by atoms with Gasteiger partial charge in [0.25, 0.3) is 5.91 Å². The minimum absolute atomic E-state index is 0.125. The number of nitrogens with one attached hydrogen (secondary N) is 1. The molecule has 0 aromatic heterocycles. The minimum atomic E-state index is -0.125. The van der Waals surface area contributed by atoms with Crippen LogP contribution in [-0.4, -0.2) is 40.4 Å². The Bertz CT molecular complexity index is 776. The predicted octanol–water partition coefficient (Wildman–Crippen LogP) is 3.61. The first-order chi connectivity index (χ1) is 13.6. The zero-order valence-electron chi connectivity index (χ0n) is 17.0. The summed E-state index contributed by atoms with van der Waals surface area (Å²) in [5.74, 6) is 1.96. The quantitative estimate of drug-likeness (QED) is 0.597. The van der Waals surface area contributed by atoms with E-state index in [9.17, 15) is 4.79 Å². The molecule has 28 heavy (non-hydrogen) atoms. The van der Waals surface area contributed by atoms with Crippen LogP contribution in [0.15, 0.2) is 36.4 Å². The van der Waals surface area contributed by atoms with Crippen LogP contribution < -0.4 is 19.5 Å². The second-order valence-electron chi connectivity index (χ2n) is 6.27. The van der Waals surface area contributed by atoms with Crippen LogP contribution >= 0.6 is 0 Å². The van der Waals surface area contributed by atoms with E-state index < -0.39 is 0 Å². The Kier molecular flexibility index (Phi) is 8.62. The molecule has 2 aromatic carbocycles. The Labute approximate surface area is 166 Å². The van der Waals surface area contributed by atoms with Gasteiger partial charge in [-0.3, -0.25) is 4.79 Å². The lowest BCUT2D eigenvalue weighted by Gasteiger charge is -2.12. The van der Waals surface area contributed by atoms with E-state index in [4.69, 9.17) is 18.9 Å². The highest BCUT2D eigenvalue weighted by molar-refractivity contribution is 5.94. The van der Waals surface area contributed by atoms with Gasteiger partial charge in [-0.2, -0.15) is 0 Å². The molecule has 0 saturated heterocycles. The predicted molar refractivity (Wildman–Crippen MR) is 109 cm³/mol. The van der Waals surface area contributed by atoms with Gasteiger partial charge in [0.2, 0.25) is 0 Å². The van der Waals surface area contributed by atoms with Crippen LogP contribution in [0.3, 0.4) is 0 Å². The Hall–Kier alpha value is -2.73. The van der Waals surface area contributed by atoms with Crippen LogP contribution in [0.4, 0.5) is 0 Å². The van der Waals surface area contributed by atoms with E-state index in [1.54, 1.807) is 33.5 Å². The Balaban J connectivity index is 1.96. The topological polar surface area (TPSA) is 66.0 Å². The van der Waals surface area contributed by atoms with Crippen molar-refractivity contribution in [3.8, 4) is 17.2 Å². The summed E-state index contributed by atoms with van der Waals surface area (Å²) in [5, 5.41) is 2.95. The number of ether oxygens (including phenoxy) is 4. The maximum absolute atomic E-state index is 12.5. The molecule has 1 amide bonds. The van der Waals surface area contributed by atoms with E-state index in [1.165, 1.54) is 0 Å². The molecule has 2 rings (SSSR count). The summed E-state index contributed by atoms with van der Waals surface area (Å²) in [6.07, 6.45) is 1.63. The molecule has 0 saturated carbocycles. The van der Waals surface area contributed by atoms with Crippen molar-refractivity contribution in [2.75, 3.05) is 34.5 Å². The maximum Gasteiger partial charge on any atom is 0.251 e. The number of hydrogen-bond donors (Lipinski definition) is 1. The van der Waals surface area contributed by atoms with Crippen molar-refractivity contribution < 1.29 is 23.7 Å². The van der Waals surface area contributed by atoms with Crippen LogP contribution in [0.5, 0.6) is 17.2 Å². The van der Waals surface area contributed by atoms with E-state index >= 15 is 0 Å². The van der Waals surface area contributed by atoms with Gasteiger partial charge in [0, 0.05) is 24.3 Å². The molecule has 0 atom stereocenters. The molecule has 0 spiro atoms. The van der Waals surface area contributed by atoms with E-state index in [0.717, 1.165) is 23.3 Å². The summed E-state index contributed by atoms with van der Waals surface area (Å²) in [5.41, 5.74) is 2.51. The molecular weight excluding hydrogens is 358 g/mol. The molecular formula is C22H29NO5. The summed E-state index contributed by atoms with van der Waals surface area (Å²) in [6.45, 7) is 3.66. The van der Waals surface area contributed by atoms with Crippen molar-refractivity contribution in [1.82, 2.24) is 5.32 Å². The van der Waals surface area contributed by atoms with Crippen LogP contribution in [0.2, 0.25) is 0 Å². The van der Waals surface area contributed by atoms with E-state index in [0.29, 0.717) is 43.2 Å². The molecule has 6 nitrogen and oxygen atoms in total. The lowest BCUT2D eigenvalue weighted by Crippen LogP contribution is -2.25. The molecule has 6 heteroatoms. The van der Waals surface area contributed by atoms with E-state index in [1.807, 2.05) is 24.3 Å². The van der Waals surface area contributed by atoms with Crippen LogP contribution in [0, 0.1) is 0 Å². The highest BCUT2D eigenvalue weighted by atomic mass is 16.5. The molecule has 152 valence electrons. The third kappa shape index (κ3) is 5.89. The highest BCUT2D eigenvalue weighted by Gasteiger charge is 2.11. The molecule has 0 unspecified atom stereocenters. The molecule has 0 heterocycles. The summed E-state index contributed by atoms with van der Waals surface area (Å²) < 4.78 is 21.5. The third-order valence-electron chi connectivity index (χ3n) is 4.30. The monoisotopic (exact) mass is 387 g/mol. The Morgan fingerprint density at radius 1 is 0.929 bits per heavy atom. The second-order valence-corrected chi connectivity index (χ2v) is 6.27. The minimum Gasteiger partial charge on any atom is -0.496 e. The summed E-state index contributed by atoms with van der Waals surface area (Å²) in [7, 11) is 4.82. The van der Waals surface area contributed by atoms with Gasteiger partial charge in [-0.1, -0.05) is 13.0 Å². The zero-order chi connectivity index (χ0) is 20.4. The number of amides is 1. The average molecular weight is 387 g/mol. The van der Waals surface area contributed by atoms with Gasteiger partial charge in [-0.25, -0.2) is 0 Å². The second kappa shape index (κ2) is 11.2. The number of carbonyl (C=O) groups is 1. The number of hydrogen-bond acceptors (Lipinski definition) is 5. The number of rotatable bonds is 11. The highest BCUT2D eigenvalue weighted by Crippen LogP contribution is 2.27. The number of carbonyl (C=O) groups excluding carboxylic acids is 1. The first-order valence-electron chi connectivity index (χ1n) is 9.36. The van der Waals surface area contributed by atoms with Crippen molar-refractivity contribution in [3.05, 3.63) is 53.1 Å². The average Bonchev–Trinajstić information content (AvgIpc) is 2.73. The first kappa shape index (κ1) is 21.6. The Morgan fingerprint density at radius 2 is 1.64 bits per heavy atom. The van der Waals surface area contributed by atoms with Gasteiger partial charge in [0.1, 0.15) is 5.75 Å². The molecule has 2 aromatic rings. The largest absolute Gasteiger partial charge is 0.496 e. The summed E-state index contributed by atoms with van der Waals surface area (Å²) >= 11 is 0. The molecule has 0 aliphatic rings. The molecule has 0 aliphatic carbocycles. The van der Waals surface area contributed by atoms with Gasteiger partial charge in [0.15, 0.2) is 11.5 Å². The van der Waals surface area contributed by atoms with Crippen LogP contribution in [0.1, 0.15) is 34.8 Å². The molecule has 0 fully saturated rings. The first-order valence-corrected chi connectivity index (χ1v) is 9.36. The zero-order valence-corrected chi connectivity index (χ0v) is 17.0. The van der Waals surface area contributed by atoms with Crippen molar-refractivity contribution >= 4 is 5.91 Å². The lowest BCUT2D eigenvalue weighted by atomic mass is 10.1. The van der Waals surface area contributed by atoms with Gasteiger partial charge in [-0.05, 0) is 48.7 Å². The van der Waals surface area contributed by atoms with E-state index in [-0.39, 0.29) is 5.91 Å². The molecule has 0 radical (unpaired) electrons. The van der Waals surface area contributed by atoms with Gasteiger partial charge < -0.3 is 24.3 Å². The SMILES string of the molecule is CCCOCc1cc(C(=O)NCCc2ccc(OC)c(OC)c2)ccc1OC. The number of methoxy groups -OCH3 is 3. The van der Waals surface area contributed by atoms with Crippen molar-refractivity contribution in [3.63, 3.8) is 0 Å². The molecule has 0 aliphatic heterocycles. The van der Waals surface area contributed by atoms with Crippen molar-refractivity contribution in [1.29, 1.82) is 0 Å². The van der Waals surface area contributed by atoms with Crippen LogP contribution in [-0.2, 0) is 17.8 Å². The fraction of sp³-hybridized carbons (Fsp3) is 0.409. The fourth-order valence-corrected chi connectivity index (χ4v) is 2.82. The van der Waals surface area contributed by atoms with Crippen LogP contribution in [0.25, 0.3) is 0 Å². The van der Waals surface area contributed by atoms with E-state index in [2.05, 4.69) is 12.2 Å². The lowest BCUT2D eigenvalue weighted by molar-refractivity contribution is 0.0953. The molecule has 1 N–H and O–H groups in total. The number of benzene rings is 2. The Morgan fingerprint density at radius 3 is 2.32 bits per heavy atom. The summed E-state index contributed by atoms with van der Waals surface area (Å²) in [4.78, 5) is 12.5. The third-order valence-corrected chi connectivity index (χ3v) is 4.30. The van der Waals surface area contributed by atoms with Crippen molar-refractivity contribution in [2.45, 2.75) is 26.4 Å². The van der Waals surface area contributed by atoms with Gasteiger partial charge >= 0.3 is 0 Å². The summed E-state index contributed by atoms with van der Waals surface area (Å²) in [6, 6.07) is 11.1. The van der Waals surface area contributed by atoms with Gasteiger partial charge in [-0.15, -0.1) is 0 Å². The normalized spacial score (nSPS) is 10.4. The maximum atomic E-state index is 12.5. The standard InChI is InChI=1S/C22H29NO5/c1-5-12-28-15-18-14-17(7-9-19(18)25-2)22(24)23-11-10-16-6-8-20(26-3)21(13-16)27-4/h6-9,13-14H,5,10-12,15H2,1-4H3,(H,23,24). The van der Waals surface area contributed by atoms with Crippen molar-refractivity contribution in [2.24, 2.45) is 0 Å². The molecule has 0 bridgehead atoms. The van der Waals surface area contributed by atoms with Gasteiger partial charge in [0.05, 0.1) is 27.9 Å². The smallest absolute Gasteiger partial charge is 0.251 e. The fourth-order valence-electron chi connectivity index (χ4n) is 2.82.